The largest absolute Gasteiger partial charge is 0.370 e. The van der Waals surface area contributed by atoms with Gasteiger partial charge in [0.2, 0.25) is 0 Å². The Morgan fingerprint density at radius 2 is 1.90 bits per heavy atom. The molecule has 2 N–H and O–H groups in total. The summed E-state index contributed by atoms with van der Waals surface area (Å²) in [6, 6.07) is 6.16. The Bertz CT molecular complexity index is 598. The van der Waals surface area contributed by atoms with Crippen molar-refractivity contribution in [2.45, 2.75) is 27.2 Å². The van der Waals surface area contributed by atoms with E-state index >= 15 is 0 Å². The van der Waals surface area contributed by atoms with E-state index in [4.69, 9.17) is 0 Å². The minimum absolute atomic E-state index is 0.828. The molecule has 0 aliphatic carbocycles. The Labute approximate surface area is 128 Å². The summed E-state index contributed by atoms with van der Waals surface area (Å²) in [7, 11) is 0. The number of benzene rings is 1. The van der Waals surface area contributed by atoms with E-state index in [0.29, 0.717) is 0 Å². The monoisotopic (exact) mass is 334 g/mol. The van der Waals surface area contributed by atoms with Crippen molar-refractivity contribution in [1.82, 2.24) is 9.97 Å². The van der Waals surface area contributed by atoms with Gasteiger partial charge in [0.1, 0.15) is 18.0 Å². The van der Waals surface area contributed by atoms with Crippen LogP contribution >= 0.6 is 15.9 Å². The Morgan fingerprint density at radius 3 is 2.60 bits per heavy atom. The normalized spacial score (nSPS) is 10.4. The maximum absolute atomic E-state index is 4.32. The zero-order valence-electron chi connectivity index (χ0n) is 12.0. The number of hydrogen-bond donors (Lipinski definition) is 2. The van der Waals surface area contributed by atoms with Crippen LogP contribution in [0.2, 0.25) is 0 Å². The first-order chi connectivity index (χ1) is 9.61. The summed E-state index contributed by atoms with van der Waals surface area (Å²) in [5.41, 5.74) is 3.24. The zero-order chi connectivity index (χ0) is 14.5. The fourth-order valence-electron chi connectivity index (χ4n) is 1.81. The Kier molecular flexibility index (Phi) is 4.95. The molecule has 1 aromatic carbocycles. The number of anilines is 3. The summed E-state index contributed by atoms with van der Waals surface area (Å²) in [4.78, 5) is 8.60. The maximum atomic E-state index is 4.32. The topological polar surface area (TPSA) is 49.8 Å². The Balaban J connectivity index is 2.22. The van der Waals surface area contributed by atoms with Gasteiger partial charge in [-0.2, -0.15) is 0 Å². The van der Waals surface area contributed by atoms with Crippen LogP contribution in [0, 0.1) is 13.8 Å². The summed E-state index contributed by atoms with van der Waals surface area (Å²) in [6.45, 7) is 7.13. The molecule has 0 spiro atoms. The standard InChI is InChI=1S/C15H19BrN4/c1-4-7-17-14-11(3)15(19-9-18-14)20-12-6-5-10(2)13(16)8-12/h5-6,8-9H,4,7H2,1-3H3,(H2,17,18,19,20). The van der Waals surface area contributed by atoms with E-state index in [1.807, 2.05) is 13.0 Å². The van der Waals surface area contributed by atoms with E-state index < -0.39 is 0 Å². The third kappa shape index (κ3) is 3.48. The highest BCUT2D eigenvalue weighted by molar-refractivity contribution is 9.10. The molecule has 106 valence electrons. The average molecular weight is 335 g/mol. The Morgan fingerprint density at radius 1 is 1.15 bits per heavy atom. The van der Waals surface area contributed by atoms with Crippen LogP contribution in [-0.2, 0) is 0 Å². The van der Waals surface area contributed by atoms with Gasteiger partial charge in [-0.25, -0.2) is 9.97 Å². The van der Waals surface area contributed by atoms with Crippen LogP contribution in [0.3, 0.4) is 0 Å². The zero-order valence-corrected chi connectivity index (χ0v) is 13.6. The lowest BCUT2D eigenvalue weighted by atomic mass is 10.2. The van der Waals surface area contributed by atoms with Crippen molar-refractivity contribution in [3.8, 4) is 0 Å². The highest BCUT2D eigenvalue weighted by Gasteiger charge is 2.07. The van der Waals surface area contributed by atoms with Crippen LogP contribution in [0.5, 0.6) is 0 Å². The highest BCUT2D eigenvalue weighted by atomic mass is 79.9. The molecule has 2 aromatic rings. The first-order valence-electron chi connectivity index (χ1n) is 6.70. The molecule has 0 saturated heterocycles. The first kappa shape index (κ1) is 14.8. The SMILES string of the molecule is CCCNc1ncnc(Nc2ccc(C)c(Br)c2)c1C. The average Bonchev–Trinajstić information content (AvgIpc) is 2.44. The third-order valence-electron chi connectivity index (χ3n) is 3.06. The number of nitrogens with one attached hydrogen (secondary N) is 2. The summed E-state index contributed by atoms with van der Waals surface area (Å²) in [5, 5.41) is 6.64. The van der Waals surface area contributed by atoms with Gasteiger partial charge in [-0.05, 0) is 38.0 Å². The molecule has 0 aliphatic heterocycles. The summed E-state index contributed by atoms with van der Waals surface area (Å²) in [6.07, 6.45) is 2.65. The third-order valence-corrected chi connectivity index (χ3v) is 3.92. The molecule has 0 radical (unpaired) electrons. The van der Waals surface area contributed by atoms with Gasteiger partial charge < -0.3 is 10.6 Å². The van der Waals surface area contributed by atoms with Crippen LogP contribution < -0.4 is 10.6 Å². The molecule has 1 heterocycles. The number of halogens is 1. The van der Waals surface area contributed by atoms with Crippen molar-refractivity contribution in [3.63, 3.8) is 0 Å². The smallest absolute Gasteiger partial charge is 0.138 e. The summed E-state index contributed by atoms with van der Waals surface area (Å²) in [5.74, 6) is 1.71. The second-order valence-electron chi connectivity index (χ2n) is 4.71. The molecule has 0 saturated carbocycles. The van der Waals surface area contributed by atoms with E-state index in [-0.39, 0.29) is 0 Å². The molecular weight excluding hydrogens is 316 g/mol. The van der Waals surface area contributed by atoms with Crippen LogP contribution in [0.15, 0.2) is 29.0 Å². The van der Waals surface area contributed by atoms with Crippen molar-refractivity contribution in [3.05, 3.63) is 40.1 Å². The van der Waals surface area contributed by atoms with E-state index in [0.717, 1.165) is 40.3 Å². The fourth-order valence-corrected chi connectivity index (χ4v) is 2.18. The molecule has 20 heavy (non-hydrogen) atoms. The van der Waals surface area contributed by atoms with Crippen molar-refractivity contribution < 1.29 is 0 Å². The molecule has 5 heteroatoms. The molecule has 0 amide bonds. The van der Waals surface area contributed by atoms with Crippen molar-refractivity contribution >= 4 is 33.3 Å². The highest BCUT2D eigenvalue weighted by Crippen LogP contribution is 2.25. The number of aromatic nitrogens is 2. The van der Waals surface area contributed by atoms with Gasteiger partial charge in [0.15, 0.2) is 0 Å². The van der Waals surface area contributed by atoms with Crippen LogP contribution in [0.4, 0.5) is 17.3 Å². The van der Waals surface area contributed by atoms with Gasteiger partial charge in [-0.3, -0.25) is 0 Å². The molecule has 1 aromatic heterocycles. The van der Waals surface area contributed by atoms with Gasteiger partial charge in [0.25, 0.3) is 0 Å². The lowest BCUT2D eigenvalue weighted by Gasteiger charge is -2.13. The van der Waals surface area contributed by atoms with Gasteiger partial charge >= 0.3 is 0 Å². The maximum Gasteiger partial charge on any atom is 0.138 e. The van der Waals surface area contributed by atoms with Gasteiger partial charge in [0, 0.05) is 22.3 Å². The summed E-state index contributed by atoms with van der Waals surface area (Å²) < 4.78 is 1.08. The number of hydrogen-bond acceptors (Lipinski definition) is 4. The minimum Gasteiger partial charge on any atom is -0.370 e. The summed E-state index contributed by atoms with van der Waals surface area (Å²) >= 11 is 3.54. The number of nitrogens with zero attached hydrogens (tertiary/aromatic N) is 2. The molecule has 2 rings (SSSR count). The van der Waals surface area contributed by atoms with Crippen molar-refractivity contribution in [2.24, 2.45) is 0 Å². The van der Waals surface area contributed by atoms with Crippen LogP contribution in [0.25, 0.3) is 0 Å². The molecular formula is C15H19BrN4. The van der Waals surface area contributed by atoms with Crippen molar-refractivity contribution in [2.75, 3.05) is 17.2 Å². The fraction of sp³-hybridized carbons (Fsp3) is 0.333. The quantitative estimate of drug-likeness (QED) is 0.849. The van der Waals surface area contributed by atoms with Crippen LogP contribution in [-0.4, -0.2) is 16.5 Å². The molecule has 4 nitrogen and oxygen atoms in total. The predicted octanol–water partition coefficient (Wildman–Crippen LogP) is 4.42. The number of aryl methyl sites for hydroxylation is 1. The first-order valence-corrected chi connectivity index (χ1v) is 7.49. The van der Waals surface area contributed by atoms with E-state index in [1.165, 1.54) is 5.56 Å². The molecule has 0 fully saturated rings. The van der Waals surface area contributed by atoms with E-state index in [2.05, 4.69) is 62.5 Å². The minimum atomic E-state index is 0.828. The predicted molar refractivity (Wildman–Crippen MR) is 87.7 cm³/mol. The van der Waals surface area contributed by atoms with Crippen LogP contribution in [0.1, 0.15) is 24.5 Å². The lowest BCUT2D eigenvalue weighted by molar-refractivity contribution is 0.960. The molecule has 0 unspecified atom stereocenters. The lowest BCUT2D eigenvalue weighted by Crippen LogP contribution is -2.06. The van der Waals surface area contributed by atoms with Crippen molar-refractivity contribution in [1.29, 1.82) is 0 Å². The van der Waals surface area contributed by atoms with Gasteiger partial charge in [-0.15, -0.1) is 0 Å². The van der Waals surface area contributed by atoms with E-state index in [1.54, 1.807) is 6.33 Å². The Hall–Kier alpha value is -1.62. The van der Waals surface area contributed by atoms with Gasteiger partial charge in [0.05, 0.1) is 0 Å². The second kappa shape index (κ2) is 6.70. The van der Waals surface area contributed by atoms with Gasteiger partial charge in [-0.1, -0.05) is 28.9 Å². The molecule has 0 bridgehead atoms. The molecule has 0 atom stereocenters. The number of rotatable bonds is 5. The second-order valence-corrected chi connectivity index (χ2v) is 5.57. The van der Waals surface area contributed by atoms with E-state index in [9.17, 15) is 0 Å². The molecule has 0 aliphatic rings.